The van der Waals surface area contributed by atoms with Crippen molar-refractivity contribution in [1.29, 1.82) is 0 Å². The Labute approximate surface area is 210 Å². The number of hydrogen-bond acceptors (Lipinski definition) is 6. The fourth-order valence-electron chi connectivity index (χ4n) is 4.99. The number of likely N-dealkylation sites (N-methyl/N-ethyl adjacent to an activating group) is 1. The Kier molecular flexibility index (Phi) is 8.21. The molecule has 1 N–H and O–H groups in total. The zero-order valence-electron chi connectivity index (χ0n) is 20.5. The molecular weight excluding hydrogens is 490 g/mol. The summed E-state index contributed by atoms with van der Waals surface area (Å²) in [4.78, 5) is 15.0. The highest BCUT2D eigenvalue weighted by Gasteiger charge is 2.36. The molecule has 2 aromatic rings. The molecule has 8 nitrogen and oxygen atoms in total. The molecule has 0 spiro atoms. The van der Waals surface area contributed by atoms with Gasteiger partial charge in [0, 0.05) is 43.2 Å². The summed E-state index contributed by atoms with van der Waals surface area (Å²) in [7, 11) is -3.95. The quantitative estimate of drug-likeness (QED) is 0.571. The maximum atomic E-state index is 14.0. The number of nitrogens with one attached hydrogen (secondary N) is 1. The molecule has 2 saturated heterocycles. The summed E-state index contributed by atoms with van der Waals surface area (Å²) in [6.07, 6.45) is 5.68. The summed E-state index contributed by atoms with van der Waals surface area (Å²) in [5.41, 5.74) is 0.270. The highest BCUT2D eigenvalue weighted by molar-refractivity contribution is 7.89. The Morgan fingerprint density at radius 3 is 2.64 bits per heavy atom. The third-order valence-electron chi connectivity index (χ3n) is 7.05. The van der Waals surface area contributed by atoms with E-state index in [1.807, 2.05) is 0 Å². The van der Waals surface area contributed by atoms with Crippen molar-refractivity contribution in [1.82, 2.24) is 19.7 Å². The average Bonchev–Trinajstić information content (AvgIpc) is 3.48. The molecule has 0 unspecified atom stereocenters. The Hall–Kier alpha value is -2.63. The van der Waals surface area contributed by atoms with E-state index in [1.54, 1.807) is 0 Å². The number of hydrogen-bond donors (Lipinski definition) is 1. The molecule has 196 valence electrons. The highest BCUT2D eigenvalue weighted by atomic mass is 32.2. The van der Waals surface area contributed by atoms with Crippen LogP contribution in [0, 0.1) is 24.5 Å². The van der Waals surface area contributed by atoms with E-state index >= 15 is 0 Å². The van der Waals surface area contributed by atoms with Gasteiger partial charge in [-0.2, -0.15) is 4.31 Å². The lowest BCUT2D eigenvalue weighted by Gasteiger charge is -2.31. The third kappa shape index (κ3) is 5.68. The van der Waals surface area contributed by atoms with Crippen LogP contribution in [0.4, 0.5) is 8.78 Å². The number of amides is 1. The highest BCUT2D eigenvalue weighted by Crippen LogP contribution is 2.29. The number of aromatic nitrogens is 1. The number of halogens is 2. The van der Waals surface area contributed by atoms with E-state index in [2.05, 4.69) is 22.3 Å². The molecule has 11 heteroatoms. The van der Waals surface area contributed by atoms with E-state index < -0.39 is 21.7 Å². The van der Waals surface area contributed by atoms with E-state index in [0.717, 1.165) is 38.1 Å². The molecule has 1 aromatic carbocycles. The summed E-state index contributed by atoms with van der Waals surface area (Å²) in [5.74, 6) is -1.78. The second kappa shape index (κ2) is 11.2. The Bertz CT molecular complexity index is 1220. The van der Waals surface area contributed by atoms with Gasteiger partial charge in [-0.25, -0.2) is 17.2 Å². The summed E-state index contributed by atoms with van der Waals surface area (Å²) < 4.78 is 60.5. The molecule has 2 aliphatic rings. The number of benzene rings is 1. The van der Waals surface area contributed by atoms with Gasteiger partial charge >= 0.3 is 0 Å². The second-order valence-corrected chi connectivity index (χ2v) is 11.2. The van der Waals surface area contributed by atoms with Gasteiger partial charge in [-0.15, -0.1) is 0 Å². The molecule has 1 atom stereocenters. The van der Waals surface area contributed by atoms with Gasteiger partial charge in [0.2, 0.25) is 15.9 Å². The SMILES string of the molecule is CCN1CCC[C@@H]1CNC(=O)C1CCN(S(=O)(=O)c2c(C)noc2/C=C/c2ccc(F)cc2F)CC1. The van der Waals surface area contributed by atoms with Crippen LogP contribution in [0.1, 0.15) is 49.6 Å². The minimum atomic E-state index is -3.95. The largest absolute Gasteiger partial charge is 0.355 e. The van der Waals surface area contributed by atoms with Gasteiger partial charge < -0.3 is 9.84 Å². The summed E-state index contributed by atoms with van der Waals surface area (Å²) in [6, 6.07) is 3.48. The number of nitrogens with zero attached hydrogens (tertiary/aromatic N) is 3. The van der Waals surface area contributed by atoms with Crippen LogP contribution in [0.2, 0.25) is 0 Å². The fourth-order valence-corrected chi connectivity index (χ4v) is 6.71. The molecule has 1 aromatic heterocycles. The first-order chi connectivity index (χ1) is 17.2. The zero-order valence-corrected chi connectivity index (χ0v) is 21.4. The van der Waals surface area contributed by atoms with Crippen LogP contribution in [0.25, 0.3) is 12.2 Å². The summed E-state index contributed by atoms with van der Waals surface area (Å²) >= 11 is 0. The molecule has 3 heterocycles. The van der Waals surface area contributed by atoms with Crippen molar-refractivity contribution in [3.63, 3.8) is 0 Å². The van der Waals surface area contributed by atoms with Gasteiger partial charge in [0.1, 0.15) is 17.3 Å². The van der Waals surface area contributed by atoms with Crippen LogP contribution in [0.5, 0.6) is 0 Å². The van der Waals surface area contributed by atoms with E-state index in [-0.39, 0.29) is 46.8 Å². The van der Waals surface area contributed by atoms with E-state index in [4.69, 9.17) is 4.52 Å². The van der Waals surface area contributed by atoms with E-state index in [1.165, 1.54) is 29.4 Å². The Morgan fingerprint density at radius 2 is 1.94 bits per heavy atom. The normalized spacial score (nSPS) is 20.4. The van der Waals surface area contributed by atoms with Gasteiger partial charge in [0.25, 0.3) is 0 Å². The molecule has 0 aliphatic carbocycles. The maximum absolute atomic E-state index is 14.0. The van der Waals surface area contributed by atoms with Crippen LogP contribution in [-0.4, -0.2) is 67.5 Å². The molecule has 0 bridgehead atoms. The number of piperidine rings is 1. The van der Waals surface area contributed by atoms with Crippen molar-refractivity contribution in [2.45, 2.75) is 50.5 Å². The smallest absolute Gasteiger partial charge is 0.248 e. The number of carbonyl (C=O) groups is 1. The molecule has 36 heavy (non-hydrogen) atoms. The number of carbonyl (C=O) groups excluding carboxylic acids is 1. The van der Waals surface area contributed by atoms with Gasteiger partial charge in [-0.3, -0.25) is 9.69 Å². The van der Waals surface area contributed by atoms with Crippen molar-refractivity contribution in [3.05, 3.63) is 46.9 Å². The number of sulfonamides is 1. The first-order valence-electron chi connectivity index (χ1n) is 12.3. The van der Waals surface area contributed by atoms with Crippen LogP contribution < -0.4 is 5.32 Å². The minimum absolute atomic E-state index is 0.0268. The lowest BCUT2D eigenvalue weighted by molar-refractivity contribution is -0.126. The van der Waals surface area contributed by atoms with Crippen LogP contribution in [0.15, 0.2) is 27.6 Å². The van der Waals surface area contributed by atoms with Gasteiger partial charge in [0.15, 0.2) is 10.7 Å². The van der Waals surface area contributed by atoms with Gasteiger partial charge in [-0.1, -0.05) is 12.1 Å². The van der Waals surface area contributed by atoms with Crippen molar-refractivity contribution in [3.8, 4) is 0 Å². The minimum Gasteiger partial charge on any atom is -0.355 e. The Balaban J connectivity index is 1.39. The molecular formula is C25H32F2N4O4S. The van der Waals surface area contributed by atoms with Crippen molar-refractivity contribution >= 4 is 28.1 Å². The number of aryl methyl sites for hydroxylation is 1. The summed E-state index contributed by atoms with van der Waals surface area (Å²) in [6.45, 7) is 6.69. The predicted molar refractivity (Wildman–Crippen MR) is 131 cm³/mol. The maximum Gasteiger partial charge on any atom is 0.248 e. The van der Waals surface area contributed by atoms with Crippen LogP contribution >= 0.6 is 0 Å². The number of likely N-dealkylation sites (tertiary alicyclic amines) is 1. The second-order valence-electron chi connectivity index (χ2n) is 9.31. The van der Waals surface area contributed by atoms with Crippen LogP contribution in [0.3, 0.4) is 0 Å². The fraction of sp³-hybridized carbons (Fsp3) is 0.520. The Morgan fingerprint density at radius 1 is 1.19 bits per heavy atom. The molecule has 4 rings (SSSR count). The van der Waals surface area contributed by atoms with E-state index in [9.17, 15) is 22.0 Å². The first-order valence-corrected chi connectivity index (χ1v) is 13.8. The topological polar surface area (TPSA) is 95.8 Å². The van der Waals surface area contributed by atoms with E-state index in [0.29, 0.717) is 25.4 Å². The molecule has 0 radical (unpaired) electrons. The predicted octanol–water partition coefficient (Wildman–Crippen LogP) is 3.43. The van der Waals surface area contributed by atoms with Gasteiger partial charge in [-0.05, 0) is 70.0 Å². The standard InChI is InChI=1S/C25H32F2N4O4S/c1-3-30-12-4-5-21(30)16-28-25(32)19-10-13-31(14-11-19)36(33,34)24-17(2)29-35-23(24)9-7-18-6-8-20(26)15-22(18)27/h6-9,15,19,21H,3-5,10-14,16H2,1-2H3,(H,28,32)/b9-7+/t21-/m1/s1. The zero-order chi connectivity index (χ0) is 25.9. The lowest BCUT2D eigenvalue weighted by atomic mass is 9.97. The van der Waals surface area contributed by atoms with Crippen molar-refractivity contribution < 1.29 is 26.5 Å². The number of rotatable bonds is 8. The van der Waals surface area contributed by atoms with Crippen LogP contribution in [-0.2, 0) is 14.8 Å². The molecule has 1 amide bonds. The van der Waals surface area contributed by atoms with Gasteiger partial charge in [0.05, 0.1) is 0 Å². The summed E-state index contributed by atoms with van der Waals surface area (Å²) in [5, 5.41) is 6.85. The molecule has 0 saturated carbocycles. The molecule has 2 fully saturated rings. The van der Waals surface area contributed by atoms with Crippen molar-refractivity contribution in [2.75, 3.05) is 32.7 Å². The molecule has 2 aliphatic heterocycles. The first kappa shape index (κ1) is 26.4. The third-order valence-corrected chi connectivity index (χ3v) is 9.11. The average molecular weight is 523 g/mol. The monoisotopic (exact) mass is 522 g/mol. The van der Waals surface area contributed by atoms with Crippen molar-refractivity contribution in [2.24, 2.45) is 5.92 Å². The lowest BCUT2D eigenvalue weighted by Crippen LogP contribution is -2.46.